The van der Waals surface area contributed by atoms with Crippen molar-refractivity contribution in [3.8, 4) is 11.1 Å². The molecule has 1 aromatic carbocycles. The Bertz CT molecular complexity index is 846. The maximum atomic E-state index is 8.13. The lowest BCUT2D eigenvalue weighted by molar-refractivity contribution is 0.638. The topological polar surface area (TPSA) is 140 Å². The predicted molar refractivity (Wildman–Crippen MR) is 156 cm³/mol. The number of hydrogen-bond donors (Lipinski definition) is 6. The number of allylic oxidation sites excluding steroid dienone is 2. The molecule has 0 bridgehead atoms. The predicted octanol–water partition coefficient (Wildman–Crippen LogP) is 6.67. The zero-order valence-corrected chi connectivity index (χ0v) is 22.8. The van der Waals surface area contributed by atoms with Gasteiger partial charge in [-0.1, -0.05) is 85.4 Å². The molecule has 0 fully saturated rings. The maximum Gasteiger partial charge on any atom is 0.0633 e. The average molecular weight is 484 g/mol. The monoisotopic (exact) mass is 483 g/mol. The summed E-state index contributed by atoms with van der Waals surface area (Å²) in [6.45, 7) is 15.1. The molecule has 1 heterocycles. The highest BCUT2D eigenvalue weighted by Gasteiger charge is 2.13. The summed E-state index contributed by atoms with van der Waals surface area (Å²) in [6.07, 6.45) is 15.8. The first kappa shape index (κ1) is 34.0. The van der Waals surface area contributed by atoms with Gasteiger partial charge in [-0.05, 0) is 30.7 Å². The minimum atomic E-state index is 0.260. The van der Waals surface area contributed by atoms with E-state index in [1.54, 1.807) is 37.7 Å². The molecule has 0 saturated heterocycles. The molecule has 0 radical (unpaired) electrons. The fourth-order valence-corrected chi connectivity index (χ4v) is 2.78. The lowest BCUT2D eigenvalue weighted by Gasteiger charge is -2.11. The first-order valence-electron chi connectivity index (χ1n) is 12.7. The van der Waals surface area contributed by atoms with Crippen LogP contribution in [-0.4, -0.2) is 35.7 Å². The SMILES string of the molecule is C=C(/C=C\C(=N)c1ccc(-c2cn[nH]c2)c(C=N)c1N)NC.CC.CCC.CCCCCCCN. The van der Waals surface area contributed by atoms with Gasteiger partial charge < -0.3 is 27.6 Å². The molecular weight excluding hydrogens is 434 g/mol. The number of rotatable bonds is 11. The van der Waals surface area contributed by atoms with E-state index in [1.807, 2.05) is 19.9 Å². The van der Waals surface area contributed by atoms with Crippen LogP contribution in [0.1, 0.15) is 84.3 Å². The average Bonchev–Trinajstić information content (AvgIpc) is 3.42. The van der Waals surface area contributed by atoms with Crippen molar-refractivity contribution in [1.82, 2.24) is 15.5 Å². The number of aromatic nitrogens is 2. The van der Waals surface area contributed by atoms with Crippen LogP contribution in [0.25, 0.3) is 11.1 Å². The quantitative estimate of drug-likeness (QED) is 0.0918. The van der Waals surface area contributed by atoms with E-state index in [1.165, 1.54) is 44.7 Å². The zero-order chi connectivity index (χ0) is 27.1. The fourth-order valence-electron chi connectivity index (χ4n) is 2.78. The van der Waals surface area contributed by atoms with Crippen molar-refractivity contribution in [3.63, 3.8) is 0 Å². The van der Waals surface area contributed by atoms with Crippen LogP contribution in [0.2, 0.25) is 0 Å². The molecule has 0 saturated carbocycles. The third-order valence-electron chi connectivity index (χ3n) is 4.61. The van der Waals surface area contributed by atoms with Gasteiger partial charge in [0.2, 0.25) is 0 Å². The Labute approximate surface area is 213 Å². The van der Waals surface area contributed by atoms with Crippen molar-refractivity contribution < 1.29 is 0 Å². The lowest BCUT2D eigenvalue weighted by Crippen LogP contribution is -2.07. The molecule has 196 valence electrons. The number of nitrogen functional groups attached to an aromatic ring is 1. The largest absolute Gasteiger partial charge is 0.398 e. The molecule has 0 aliphatic carbocycles. The van der Waals surface area contributed by atoms with Gasteiger partial charge in [0, 0.05) is 41.8 Å². The summed E-state index contributed by atoms with van der Waals surface area (Å²) in [6, 6.07) is 3.62. The number of likely N-dealkylation sites (N-methyl/N-ethyl adjacent to an activating group) is 1. The summed E-state index contributed by atoms with van der Waals surface area (Å²) < 4.78 is 0. The number of aromatic amines is 1. The van der Waals surface area contributed by atoms with Crippen LogP contribution in [0.5, 0.6) is 0 Å². The van der Waals surface area contributed by atoms with Crippen molar-refractivity contribution in [2.75, 3.05) is 19.3 Å². The number of H-pyrrole nitrogens is 1. The van der Waals surface area contributed by atoms with Gasteiger partial charge in [0.1, 0.15) is 0 Å². The number of nitrogens with one attached hydrogen (secondary N) is 4. The Balaban J connectivity index is 0. The molecule has 0 spiro atoms. The van der Waals surface area contributed by atoms with Gasteiger partial charge >= 0.3 is 0 Å². The van der Waals surface area contributed by atoms with Gasteiger partial charge in [0.15, 0.2) is 0 Å². The van der Waals surface area contributed by atoms with E-state index in [2.05, 4.69) is 42.9 Å². The van der Waals surface area contributed by atoms with E-state index < -0.39 is 0 Å². The molecule has 2 aromatic rings. The zero-order valence-electron chi connectivity index (χ0n) is 22.8. The van der Waals surface area contributed by atoms with E-state index in [-0.39, 0.29) is 5.71 Å². The molecule has 8 N–H and O–H groups in total. The Morgan fingerprint density at radius 2 is 1.74 bits per heavy atom. The molecule has 0 amide bonds. The second-order valence-electron chi connectivity index (χ2n) is 7.55. The van der Waals surface area contributed by atoms with Gasteiger partial charge in [0.25, 0.3) is 0 Å². The van der Waals surface area contributed by atoms with E-state index in [9.17, 15) is 0 Å². The Hall–Kier alpha value is -3.19. The van der Waals surface area contributed by atoms with Crippen LogP contribution < -0.4 is 16.8 Å². The van der Waals surface area contributed by atoms with E-state index >= 15 is 0 Å². The van der Waals surface area contributed by atoms with E-state index in [0.717, 1.165) is 17.7 Å². The molecule has 2 rings (SSSR count). The highest BCUT2D eigenvalue weighted by Crippen LogP contribution is 2.29. The van der Waals surface area contributed by atoms with Crippen LogP contribution in [0.15, 0.2) is 49.0 Å². The summed E-state index contributed by atoms with van der Waals surface area (Å²) in [4.78, 5) is 0. The summed E-state index contributed by atoms with van der Waals surface area (Å²) in [5.74, 6) is 0. The number of hydrogen-bond acceptors (Lipinski definition) is 6. The van der Waals surface area contributed by atoms with E-state index in [4.69, 9.17) is 22.3 Å². The van der Waals surface area contributed by atoms with Crippen LogP contribution >= 0.6 is 0 Å². The molecule has 0 unspecified atom stereocenters. The van der Waals surface area contributed by atoms with Crippen molar-refractivity contribution in [3.05, 3.63) is 60.1 Å². The Morgan fingerprint density at radius 3 is 2.23 bits per heavy atom. The molecule has 0 aliphatic heterocycles. The van der Waals surface area contributed by atoms with Crippen molar-refractivity contribution >= 4 is 17.6 Å². The third kappa shape index (κ3) is 14.0. The molecule has 7 nitrogen and oxygen atoms in total. The minimum absolute atomic E-state index is 0.260. The van der Waals surface area contributed by atoms with Gasteiger partial charge in [-0.2, -0.15) is 5.10 Å². The normalized spacial score (nSPS) is 9.57. The third-order valence-corrected chi connectivity index (χ3v) is 4.61. The number of nitrogens with two attached hydrogens (primary N) is 2. The van der Waals surface area contributed by atoms with Crippen LogP contribution in [0, 0.1) is 10.8 Å². The van der Waals surface area contributed by atoms with Crippen molar-refractivity contribution in [2.24, 2.45) is 5.73 Å². The summed E-state index contributed by atoms with van der Waals surface area (Å²) in [7, 11) is 1.76. The second kappa shape index (κ2) is 22.6. The van der Waals surface area contributed by atoms with Crippen LogP contribution in [-0.2, 0) is 0 Å². The van der Waals surface area contributed by atoms with Gasteiger partial charge in [-0.3, -0.25) is 5.10 Å². The number of unbranched alkanes of at least 4 members (excludes halogenated alkanes) is 4. The Kier molecular flexibility index (Phi) is 21.9. The smallest absolute Gasteiger partial charge is 0.0633 e. The molecule has 0 aliphatic rings. The maximum absolute atomic E-state index is 8.13. The van der Waals surface area contributed by atoms with Crippen LogP contribution in [0.4, 0.5) is 5.69 Å². The molecule has 1 aromatic heterocycles. The Morgan fingerprint density at radius 1 is 1.11 bits per heavy atom. The number of benzene rings is 1. The first-order chi connectivity index (χ1) is 16.9. The minimum Gasteiger partial charge on any atom is -0.398 e. The van der Waals surface area contributed by atoms with Gasteiger partial charge in [-0.25, -0.2) is 0 Å². The van der Waals surface area contributed by atoms with Gasteiger partial charge in [0.05, 0.1) is 17.6 Å². The summed E-state index contributed by atoms with van der Waals surface area (Å²) in [5.41, 5.74) is 15.6. The van der Waals surface area contributed by atoms with E-state index in [0.29, 0.717) is 22.5 Å². The number of anilines is 1. The standard InChI is InChI=1S/C16H18N6.C7H17N.C3H8.C2H6/c1-10(20-2)3-6-15(18)13-5-4-12(11-8-21-22-9-11)14(7-17)16(13)19;1-2-3-4-5-6-7-8;1-3-2;1-2/h3-9,17-18,20H,1,19H2,2H3,(H,21,22);2-8H2,1H3;3H2,1-2H3;1-2H3/b6-3-,17-7?,18-15?;;;. The molecular formula is C28H49N7. The fraction of sp³-hybridized carbons (Fsp3) is 0.464. The molecule has 35 heavy (non-hydrogen) atoms. The first-order valence-corrected chi connectivity index (χ1v) is 12.7. The summed E-state index contributed by atoms with van der Waals surface area (Å²) >= 11 is 0. The van der Waals surface area contributed by atoms with Crippen molar-refractivity contribution in [2.45, 2.75) is 73.1 Å². The highest BCUT2D eigenvalue weighted by atomic mass is 15.1. The number of nitrogens with zero attached hydrogens (tertiary/aromatic N) is 1. The van der Waals surface area contributed by atoms with Crippen LogP contribution in [0.3, 0.4) is 0 Å². The summed E-state index contributed by atoms with van der Waals surface area (Å²) in [5, 5.41) is 25.3. The molecule has 7 heteroatoms. The van der Waals surface area contributed by atoms with Gasteiger partial charge in [-0.15, -0.1) is 0 Å². The lowest BCUT2D eigenvalue weighted by atomic mass is 9.95. The molecule has 0 atom stereocenters. The van der Waals surface area contributed by atoms with Crippen molar-refractivity contribution in [1.29, 1.82) is 10.8 Å². The highest BCUT2D eigenvalue weighted by molar-refractivity contribution is 6.13. The second-order valence-corrected chi connectivity index (χ2v) is 7.55.